The second-order valence-corrected chi connectivity index (χ2v) is 5.76. The van der Waals surface area contributed by atoms with E-state index in [9.17, 15) is 0 Å². The number of piperidine rings is 2. The molecule has 16 heavy (non-hydrogen) atoms. The average Bonchev–Trinajstić information content (AvgIpc) is 2.28. The number of nitrogens with one attached hydrogen (secondary N) is 1. The number of hydrogen-bond donors (Lipinski definition) is 1. The van der Waals surface area contributed by atoms with E-state index in [0.29, 0.717) is 0 Å². The Kier molecular flexibility index (Phi) is 4.62. The highest BCUT2D eigenvalue weighted by molar-refractivity contribution is 4.79. The van der Waals surface area contributed by atoms with Gasteiger partial charge in [0.25, 0.3) is 0 Å². The Bertz CT molecular complexity index is 199. The van der Waals surface area contributed by atoms with E-state index >= 15 is 0 Å². The first-order chi connectivity index (χ1) is 7.74. The van der Waals surface area contributed by atoms with Gasteiger partial charge >= 0.3 is 0 Å². The van der Waals surface area contributed by atoms with E-state index in [2.05, 4.69) is 29.2 Å². The maximum absolute atomic E-state index is 3.78. The van der Waals surface area contributed by atoms with Crippen LogP contribution in [0.3, 0.4) is 0 Å². The van der Waals surface area contributed by atoms with Crippen molar-refractivity contribution in [2.75, 3.05) is 46.8 Å². The van der Waals surface area contributed by atoms with Crippen LogP contribution in [0.1, 0.15) is 25.7 Å². The van der Waals surface area contributed by atoms with Crippen molar-refractivity contribution in [1.82, 2.24) is 15.1 Å². The summed E-state index contributed by atoms with van der Waals surface area (Å²) < 4.78 is 0. The Morgan fingerprint density at radius 2 is 1.75 bits per heavy atom. The molecular weight excluding hydrogens is 198 g/mol. The first-order valence-electron chi connectivity index (χ1n) is 6.84. The van der Waals surface area contributed by atoms with Crippen molar-refractivity contribution in [1.29, 1.82) is 0 Å². The lowest BCUT2D eigenvalue weighted by molar-refractivity contribution is 0.188. The number of rotatable bonds is 3. The fourth-order valence-electron chi connectivity index (χ4n) is 2.99. The van der Waals surface area contributed by atoms with Gasteiger partial charge in [0, 0.05) is 12.6 Å². The van der Waals surface area contributed by atoms with Gasteiger partial charge in [-0.05, 0) is 71.9 Å². The van der Waals surface area contributed by atoms with Crippen molar-refractivity contribution < 1.29 is 0 Å². The normalized spacial score (nSPS) is 30.8. The number of nitrogens with zero attached hydrogens (tertiary/aromatic N) is 2. The maximum Gasteiger partial charge on any atom is 0.00915 e. The molecule has 2 heterocycles. The first-order valence-corrected chi connectivity index (χ1v) is 6.84. The number of likely N-dealkylation sites (tertiary alicyclic amines) is 2. The van der Waals surface area contributed by atoms with Gasteiger partial charge in [0.2, 0.25) is 0 Å². The minimum absolute atomic E-state index is 0.781. The van der Waals surface area contributed by atoms with Crippen LogP contribution in [0.15, 0.2) is 0 Å². The Hall–Kier alpha value is -0.120. The van der Waals surface area contributed by atoms with Gasteiger partial charge in [0.1, 0.15) is 0 Å². The summed E-state index contributed by atoms with van der Waals surface area (Å²) in [4.78, 5) is 4.91. The molecule has 0 aromatic heterocycles. The second-order valence-electron chi connectivity index (χ2n) is 5.76. The molecule has 0 aromatic rings. The highest BCUT2D eigenvalue weighted by Crippen LogP contribution is 2.15. The van der Waals surface area contributed by atoms with Crippen LogP contribution in [0.25, 0.3) is 0 Å². The van der Waals surface area contributed by atoms with E-state index in [1.165, 1.54) is 58.4 Å². The third-order valence-electron chi connectivity index (χ3n) is 4.14. The van der Waals surface area contributed by atoms with Crippen molar-refractivity contribution in [3.8, 4) is 0 Å². The average molecular weight is 225 g/mol. The molecule has 0 aromatic carbocycles. The van der Waals surface area contributed by atoms with Crippen molar-refractivity contribution in [2.45, 2.75) is 31.7 Å². The van der Waals surface area contributed by atoms with E-state index in [4.69, 9.17) is 0 Å². The van der Waals surface area contributed by atoms with Gasteiger partial charge in [-0.1, -0.05) is 0 Å². The standard InChI is InChI=1S/C13H27N3/c1-15-8-5-13(6-9-15)14-10-12-4-3-7-16(2)11-12/h12-14H,3-11H2,1-2H3. The summed E-state index contributed by atoms with van der Waals surface area (Å²) in [7, 11) is 4.48. The molecular formula is C13H27N3. The lowest BCUT2D eigenvalue weighted by Crippen LogP contribution is -2.44. The van der Waals surface area contributed by atoms with Gasteiger partial charge in [0.05, 0.1) is 0 Å². The zero-order valence-electron chi connectivity index (χ0n) is 10.9. The smallest absolute Gasteiger partial charge is 0.00915 e. The zero-order chi connectivity index (χ0) is 11.4. The van der Waals surface area contributed by atoms with Crippen molar-refractivity contribution in [3.05, 3.63) is 0 Å². The fraction of sp³-hybridized carbons (Fsp3) is 1.00. The molecule has 1 atom stereocenters. The van der Waals surface area contributed by atoms with Gasteiger partial charge in [-0.3, -0.25) is 0 Å². The Morgan fingerprint density at radius 1 is 1.00 bits per heavy atom. The molecule has 0 spiro atoms. The molecule has 2 saturated heterocycles. The van der Waals surface area contributed by atoms with Crippen molar-refractivity contribution in [3.63, 3.8) is 0 Å². The van der Waals surface area contributed by atoms with Gasteiger partial charge in [-0.25, -0.2) is 0 Å². The van der Waals surface area contributed by atoms with Crippen LogP contribution >= 0.6 is 0 Å². The minimum Gasteiger partial charge on any atom is -0.314 e. The van der Waals surface area contributed by atoms with Crippen LogP contribution in [-0.4, -0.2) is 62.7 Å². The van der Waals surface area contributed by atoms with E-state index in [0.717, 1.165) is 12.0 Å². The van der Waals surface area contributed by atoms with Gasteiger partial charge in [0.15, 0.2) is 0 Å². The van der Waals surface area contributed by atoms with E-state index < -0.39 is 0 Å². The molecule has 94 valence electrons. The third kappa shape index (κ3) is 3.72. The van der Waals surface area contributed by atoms with E-state index in [-0.39, 0.29) is 0 Å². The largest absolute Gasteiger partial charge is 0.314 e. The van der Waals surface area contributed by atoms with Crippen molar-refractivity contribution >= 4 is 0 Å². The topological polar surface area (TPSA) is 18.5 Å². The maximum atomic E-state index is 3.78. The Morgan fingerprint density at radius 3 is 2.44 bits per heavy atom. The highest BCUT2D eigenvalue weighted by Gasteiger charge is 2.20. The first kappa shape index (κ1) is 12.3. The molecule has 3 nitrogen and oxygen atoms in total. The quantitative estimate of drug-likeness (QED) is 0.773. The van der Waals surface area contributed by atoms with Gasteiger partial charge in [-0.2, -0.15) is 0 Å². The predicted octanol–water partition coefficient (Wildman–Crippen LogP) is 1.01. The van der Waals surface area contributed by atoms with Crippen LogP contribution in [-0.2, 0) is 0 Å². The predicted molar refractivity (Wildman–Crippen MR) is 68.7 cm³/mol. The molecule has 1 unspecified atom stereocenters. The summed E-state index contributed by atoms with van der Waals surface area (Å²) >= 11 is 0. The molecule has 2 rings (SSSR count). The van der Waals surface area contributed by atoms with Crippen LogP contribution < -0.4 is 5.32 Å². The second kappa shape index (κ2) is 5.99. The van der Waals surface area contributed by atoms with Crippen LogP contribution in [0.2, 0.25) is 0 Å². The summed E-state index contributed by atoms with van der Waals surface area (Å²) in [6.45, 7) is 6.35. The molecule has 0 radical (unpaired) electrons. The monoisotopic (exact) mass is 225 g/mol. The molecule has 2 aliphatic rings. The van der Waals surface area contributed by atoms with Gasteiger partial charge < -0.3 is 15.1 Å². The summed E-state index contributed by atoms with van der Waals surface area (Å²) in [6, 6.07) is 0.781. The molecule has 3 heteroatoms. The fourth-order valence-corrected chi connectivity index (χ4v) is 2.99. The Labute approximate surface area is 100 Å². The van der Waals surface area contributed by atoms with Crippen LogP contribution in [0, 0.1) is 5.92 Å². The molecule has 1 N–H and O–H groups in total. The van der Waals surface area contributed by atoms with Crippen LogP contribution in [0.5, 0.6) is 0 Å². The van der Waals surface area contributed by atoms with E-state index in [1.807, 2.05) is 0 Å². The van der Waals surface area contributed by atoms with Crippen molar-refractivity contribution in [2.24, 2.45) is 5.92 Å². The molecule has 0 saturated carbocycles. The highest BCUT2D eigenvalue weighted by atomic mass is 15.1. The molecule has 0 bridgehead atoms. The summed E-state index contributed by atoms with van der Waals surface area (Å²) in [5.74, 6) is 0.887. The number of hydrogen-bond acceptors (Lipinski definition) is 3. The zero-order valence-corrected chi connectivity index (χ0v) is 10.9. The van der Waals surface area contributed by atoms with Gasteiger partial charge in [-0.15, -0.1) is 0 Å². The molecule has 2 fully saturated rings. The third-order valence-corrected chi connectivity index (χ3v) is 4.14. The van der Waals surface area contributed by atoms with E-state index in [1.54, 1.807) is 0 Å². The minimum atomic E-state index is 0.781. The summed E-state index contributed by atoms with van der Waals surface area (Å²) in [5, 5.41) is 3.78. The Balaban J connectivity index is 1.63. The SMILES string of the molecule is CN1CCC(NCC2CCCN(C)C2)CC1. The molecule has 0 amide bonds. The summed E-state index contributed by atoms with van der Waals surface area (Å²) in [6.07, 6.45) is 5.47. The van der Waals surface area contributed by atoms with Crippen LogP contribution in [0.4, 0.5) is 0 Å². The lowest BCUT2D eigenvalue weighted by atomic mass is 9.97. The molecule has 2 aliphatic heterocycles. The molecule has 0 aliphatic carbocycles. The summed E-state index contributed by atoms with van der Waals surface area (Å²) in [5.41, 5.74) is 0. The lowest BCUT2D eigenvalue weighted by Gasteiger charge is -2.33.